The first kappa shape index (κ1) is 12.6. The number of hydrogen-bond acceptors (Lipinski definition) is 4. The second-order valence-electron chi connectivity index (χ2n) is 4.42. The molecule has 0 spiro atoms. The molecular weight excluding hydrogens is 238 g/mol. The zero-order chi connectivity index (χ0) is 13.1. The van der Waals surface area contributed by atoms with Gasteiger partial charge in [-0.05, 0) is 6.42 Å². The van der Waals surface area contributed by atoms with Crippen molar-refractivity contribution in [3.05, 3.63) is 12.2 Å². The molecule has 3 atom stereocenters. The first-order valence-corrected chi connectivity index (χ1v) is 5.78. The fourth-order valence-electron chi connectivity index (χ4n) is 2.02. The highest BCUT2D eigenvalue weighted by molar-refractivity contribution is 5.87. The van der Waals surface area contributed by atoms with Gasteiger partial charge in [0, 0.05) is 12.6 Å². The van der Waals surface area contributed by atoms with E-state index in [4.69, 9.17) is 5.11 Å². The maximum atomic E-state index is 11.8. The van der Waals surface area contributed by atoms with Crippen LogP contribution in [0.4, 0.5) is 0 Å². The van der Waals surface area contributed by atoms with E-state index < -0.39 is 17.9 Å². The molecule has 1 heterocycles. The monoisotopic (exact) mass is 253 g/mol. The first-order chi connectivity index (χ1) is 8.56. The lowest BCUT2D eigenvalue weighted by molar-refractivity contribution is -0.140. The van der Waals surface area contributed by atoms with Gasteiger partial charge in [-0.1, -0.05) is 12.2 Å². The summed E-state index contributed by atoms with van der Waals surface area (Å²) in [6.07, 6.45) is 3.65. The van der Waals surface area contributed by atoms with Gasteiger partial charge in [-0.15, -0.1) is 0 Å². The minimum atomic E-state index is -0.883. The normalized spacial score (nSPS) is 30.9. The smallest absolute Gasteiger partial charge is 0.310 e. The van der Waals surface area contributed by atoms with Crippen molar-refractivity contribution in [2.24, 2.45) is 5.92 Å². The Bertz CT molecular complexity index is 397. The van der Waals surface area contributed by atoms with Crippen LogP contribution in [0.25, 0.3) is 0 Å². The molecule has 4 N–H and O–H groups in total. The summed E-state index contributed by atoms with van der Waals surface area (Å²) in [5.41, 5.74) is 0. The summed E-state index contributed by atoms with van der Waals surface area (Å²) in [4.78, 5) is 33.5. The molecule has 0 aromatic rings. The van der Waals surface area contributed by atoms with Crippen LogP contribution in [0.1, 0.15) is 6.42 Å². The quantitative estimate of drug-likeness (QED) is 0.445. The summed E-state index contributed by atoms with van der Waals surface area (Å²) in [5, 5.41) is 17.0. The van der Waals surface area contributed by atoms with Gasteiger partial charge in [0.25, 0.3) is 0 Å². The highest BCUT2D eigenvalue weighted by Gasteiger charge is 2.29. The summed E-state index contributed by atoms with van der Waals surface area (Å²) >= 11 is 0. The number of nitrogens with one attached hydrogen (secondary N) is 3. The van der Waals surface area contributed by atoms with Crippen LogP contribution in [0, 0.1) is 5.92 Å². The number of piperazine rings is 1. The molecule has 7 heteroatoms. The molecule has 2 amide bonds. The molecule has 98 valence electrons. The van der Waals surface area contributed by atoms with E-state index in [1.807, 2.05) is 0 Å². The summed E-state index contributed by atoms with van der Waals surface area (Å²) in [7, 11) is 0. The van der Waals surface area contributed by atoms with E-state index >= 15 is 0 Å². The lowest BCUT2D eigenvalue weighted by Crippen LogP contribution is -2.58. The van der Waals surface area contributed by atoms with Crippen LogP contribution >= 0.6 is 0 Å². The summed E-state index contributed by atoms with van der Waals surface area (Å²) < 4.78 is 0. The molecule has 0 radical (unpaired) electrons. The zero-order valence-electron chi connectivity index (χ0n) is 9.68. The van der Waals surface area contributed by atoms with E-state index in [9.17, 15) is 14.4 Å². The molecule has 2 aliphatic rings. The van der Waals surface area contributed by atoms with Gasteiger partial charge < -0.3 is 15.7 Å². The number of rotatable bonds is 3. The summed E-state index contributed by atoms with van der Waals surface area (Å²) in [6.45, 7) is 0.375. The Hall–Kier alpha value is -1.89. The topological polar surface area (TPSA) is 108 Å². The maximum Gasteiger partial charge on any atom is 0.310 e. The standard InChI is InChI=1S/C11H15N3O4/c15-9-5-12-8(4-13-9)10(16)14-7-2-1-6(3-7)11(17)18/h1-2,6-8,12H,3-5H2,(H,13,15)(H,14,16)(H,17,18). The van der Waals surface area contributed by atoms with Crippen LogP contribution in [-0.4, -0.2) is 48.1 Å². The van der Waals surface area contributed by atoms with Crippen LogP contribution in [-0.2, 0) is 14.4 Å². The molecule has 3 unspecified atom stereocenters. The molecule has 7 nitrogen and oxygen atoms in total. The molecule has 18 heavy (non-hydrogen) atoms. The van der Waals surface area contributed by atoms with E-state index in [1.165, 1.54) is 0 Å². The number of amides is 2. The Balaban J connectivity index is 1.80. The van der Waals surface area contributed by atoms with Crippen LogP contribution < -0.4 is 16.0 Å². The van der Waals surface area contributed by atoms with Crippen molar-refractivity contribution in [2.75, 3.05) is 13.1 Å². The fourth-order valence-corrected chi connectivity index (χ4v) is 2.02. The highest BCUT2D eigenvalue weighted by Crippen LogP contribution is 2.17. The predicted molar refractivity (Wildman–Crippen MR) is 61.6 cm³/mol. The number of carboxylic acid groups (broad SMARTS) is 1. The molecule has 1 saturated heterocycles. The Morgan fingerprint density at radius 2 is 2.17 bits per heavy atom. The van der Waals surface area contributed by atoms with Crippen molar-refractivity contribution >= 4 is 17.8 Å². The van der Waals surface area contributed by atoms with Crippen LogP contribution in [0.5, 0.6) is 0 Å². The van der Waals surface area contributed by atoms with Gasteiger partial charge in [0.2, 0.25) is 11.8 Å². The molecule has 1 fully saturated rings. The Morgan fingerprint density at radius 3 is 2.72 bits per heavy atom. The predicted octanol–water partition coefficient (Wildman–Crippen LogP) is -1.78. The minimum Gasteiger partial charge on any atom is -0.481 e. The van der Waals surface area contributed by atoms with Gasteiger partial charge >= 0.3 is 5.97 Å². The Morgan fingerprint density at radius 1 is 1.39 bits per heavy atom. The zero-order valence-corrected chi connectivity index (χ0v) is 9.68. The Labute approximate surface area is 104 Å². The summed E-state index contributed by atoms with van der Waals surface area (Å²) in [5.74, 6) is -1.78. The fraction of sp³-hybridized carbons (Fsp3) is 0.545. The van der Waals surface area contributed by atoms with Gasteiger partial charge in [0.1, 0.15) is 6.04 Å². The van der Waals surface area contributed by atoms with Crippen molar-refractivity contribution < 1.29 is 19.5 Å². The average molecular weight is 253 g/mol. The third-order valence-electron chi connectivity index (χ3n) is 3.06. The number of aliphatic carboxylic acids is 1. The van der Waals surface area contributed by atoms with Gasteiger partial charge in [-0.3, -0.25) is 19.7 Å². The largest absolute Gasteiger partial charge is 0.481 e. The van der Waals surface area contributed by atoms with Gasteiger partial charge in [-0.2, -0.15) is 0 Å². The average Bonchev–Trinajstić information content (AvgIpc) is 2.78. The van der Waals surface area contributed by atoms with Gasteiger partial charge in [0.15, 0.2) is 0 Å². The summed E-state index contributed by atoms with van der Waals surface area (Å²) in [6, 6.07) is -0.710. The molecule has 1 aliphatic carbocycles. The van der Waals surface area contributed by atoms with Crippen molar-refractivity contribution in [3.63, 3.8) is 0 Å². The number of carbonyl (C=O) groups excluding carboxylic acids is 2. The Kier molecular flexibility index (Phi) is 3.61. The molecule has 0 bridgehead atoms. The van der Waals surface area contributed by atoms with Gasteiger partial charge in [0.05, 0.1) is 12.5 Å². The molecule has 0 aromatic heterocycles. The van der Waals surface area contributed by atoms with Crippen LogP contribution in [0.15, 0.2) is 12.2 Å². The molecule has 2 rings (SSSR count). The van der Waals surface area contributed by atoms with Crippen LogP contribution in [0.2, 0.25) is 0 Å². The van der Waals surface area contributed by atoms with E-state index in [2.05, 4.69) is 16.0 Å². The number of hydrogen-bond donors (Lipinski definition) is 4. The van der Waals surface area contributed by atoms with Crippen molar-refractivity contribution in [1.29, 1.82) is 0 Å². The molecular formula is C11H15N3O4. The van der Waals surface area contributed by atoms with Crippen molar-refractivity contribution in [2.45, 2.75) is 18.5 Å². The second kappa shape index (κ2) is 5.18. The van der Waals surface area contributed by atoms with E-state index in [0.29, 0.717) is 6.42 Å². The lowest BCUT2D eigenvalue weighted by Gasteiger charge is -2.24. The highest BCUT2D eigenvalue weighted by atomic mass is 16.4. The molecule has 0 saturated carbocycles. The van der Waals surface area contributed by atoms with E-state index in [1.54, 1.807) is 12.2 Å². The minimum absolute atomic E-state index is 0.121. The van der Waals surface area contributed by atoms with Crippen molar-refractivity contribution in [3.8, 4) is 0 Å². The molecule has 1 aliphatic heterocycles. The third kappa shape index (κ3) is 2.86. The number of carbonyl (C=O) groups is 3. The maximum absolute atomic E-state index is 11.8. The molecule has 0 aromatic carbocycles. The second-order valence-corrected chi connectivity index (χ2v) is 4.42. The lowest BCUT2D eigenvalue weighted by atomic mass is 10.1. The number of carboxylic acids is 1. The first-order valence-electron chi connectivity index (χ1n) is 5.78. The van der Waals surface area contributed by atoms with E-state index in [0.717, 1.165) is 0 Å². The van der Waals surface area contributed by atoms with Crippen LogP contribution in [0.3, 0.4) is 0 Å². The third-order valence-corrected chi connectivity index (χ3v) is 3.06. The SMILES string of the molecule is O=C1CNC(C(=O)NC2C=CC(C(=O)O)C2)CN1. The van der Waals surface area contributed by atoms with Crippen molar-refractivity contribution in [1.82, 2.24) is 16.0 Å². The van der Waals surface area contributed by atoms with Gasteiger partial charge in [-0.25, -0.2) is 0 Å². The van der Waals surface area contributed by atoms with E-state index in [-0.39, 0.29) is 30.9 Å².